The average molecular weight is 321 g/mol. The molecule has 6 nitrogen and oxygen atoms in total. The van der Waals surface area contributed by atoms with Gasteiger partial charge in [-0.05, 0) is 24.3 Å². The summed E-state index contributed by atoms with van der Waals surface area (Å²) in [6.45, 7) is -0.542. The van der Waals surface area contributed by atoms with Crippen molar-refractivity contribution in [2.75, 3.05) is 4.72 Å². The zero-order chi connectivity index (χ0) is 15.7. The SMILES string of the molecule is O=S(=O)(Nc1ccc(C(F)(F)F)cc1)c1[nH]ncc1CO. The molecule has 0 unspecified atom stereocenters. The molecule has 1 heterocycles. The Morgan fingerprint density at radius 2 is 1.86 bits per heavy atom. The van der Waals surface area contributed by atoms with Gasteiger partial charge in [-0.25, -0.2) is 0 Å². The Kier molecular flexibility index (Phi) is 3.92. The predicted octanol–water partition coefficient (Wildman–Crippen LogP) is 1.72. The van der Waals surface area contributed by atoms with E-state index in [0.717, 1.165) is 30.5 Å². The number of hydrogen-bond donors (Lipinski definition) is 3. The molecule has 0 aliphatic carbocycles. The van der Waals surface area contributed by atoms with Crippen molar-refractivity contribution in [3.05, 3.63) is 41.6 Å². The van der Waals surface area contributed by atoms with Gasteiger partial charge >= 0.3 is 6.18 Å². The van der Waals surface area contributed by atoms with Gasteiger partial charge in [-0.2, -0.15) is 26.7 Å². The zero-order valence-electron chi connectivity index (χ0n) is 10.3. The van der Waals surface area contributed by atoms with Crippen molar-refractivity contribution in [3.8, 4) is 0 Å². The number of aromatic nitrogens is 2. The highest BCUT2D eigenvalue weighted by atomic mass is 32.2. The monoisotopic (exact) mass is 321 g/mol. The normalized spacial score (nSPS) is 12.4. The summed E-state index contributed by atoms with van der Waals surface area (Å²) in [5, 5.41) is 14.3. The fourth-order valence-corrected chi connectivity index (χ4v) is 2.76. The van der Waals surface area contributed by atoms with Crippen LogP contribution in [0.4, 0.5) is 18.9 Å². The minimum absolute atomic E-state index is 0.0403. The molecule has 0 fully saturated rings. The number of sulfonamides is 1. The van der Waals surface area contributed by atoms with E-state index < -0.39 is 28.4 Å². The lowest BCUT2D eigenvalue weighted by Gasteiger charge is -2.10. The molecule has 10 heteroatoms. The lowest BCUT2D eigenvalue weighted by atomic mass is 10.2. The van der Waals surface area contributed by atoms with E-state index in [4.69, 9.17) is 5.11 Å². The van der Waals surface area contributed by atoms with Gasteiger partial charge in [-0.1, -0.05) is 0 Å². The number of benzene rings is 1. The van der Waals surface area contributed by atoms with Crippen LogP contribution in [0.1, 0.15) is 11.1 Å². The van der Waals surface area contributed by atoms with Crippen molar-refractivity contribution >= 4 is 15.7 Å². The quantitative estimate of drug-likeness (QED) is 0.799. The number of hydrogen-bond acceptors (Lipinski definition) is 4. The summed E-state index contributed by atoms with van der Waals surface area (Å²) >= 11 is 0. The first-order valence-corrected chi connectivity index (χ1v) is 7.05. The first-order chi connectivity index (χ1) is 9.74. The Morgan fingerprint density at radius 1 is 1.24 bits per heavy atom. The standard InChI is InChI=1S/C11H10F3N3O3S/c12-11(13,14)8-1-3-9(4-2-8)17-21(19,20)10-7(6-18)5-15-16-10/h1-5,17-18H,6H2,(H,15,16). The molecule has 2 rings (SSSR count). The van der Waals surface area contributed by atoms with Gasteiger partial charge in [-0.3, -0.25) is 9.82 Å². The number of nitrogens with zero attached hydrogens (tertiary/aromatic N) is 1. The average Bonchev–Trinajstić information content (AvgIpc) is 2.87. The van der Waals surface area contributed by atoms with E-state index in [1.54, 1.807) is 0 Å². The van der Waals surface area contributed by atoms with E-state index in [-0.39, 0.29) is 16.3 Å². The highest BCUT2D eigenvalue weighted by Gasteiger charge is 2.30. The van der Waals surface area contributed by atoms with Gasteiger partial charge in [0, 0.05) is 11.3 Å². The summed E-state index contributed by atoms with van der Waals surface area (Å²) in [6, 6.07) is 3.51. The molecule has 0 saturated carbocycles. The fourth-order valence-electron chi connectivity index (χ4n) is 1.58. The van der Waals surface area contributed by atoms with Gasteiger partial charge in [0.05, 0.1) is 18.4 Å². The number of aliphatic hydroxyl groups is 1. The van der Waals surface area contributed by atoms with E-state index >= 15 is 0 Å². The number of anilines is 1. The van der Waals surface area contributed by atoms with Crippen molar-refractivity contribution in [2.24, 2.45) is 0 Å². The summed E-state index contributed by atoms with van der Waals surface area (Å²) in [7, 11) is -4.07. The number of alkyl halides is 3. The third-order valence-corrected chi connectivity index (χ3v) is 3.98. The molecule has 0 bridgehead atoms. The molecule has 0 atom stereocenters. The Bertz CT molecular complexity index is 723. The van der Waals surface area contributed by atoms with E-state index in [1.165, 1.54) is 0 Å². The van der Waals surface area contributed by atoms with Crippen LogP contribution in [0.3, 0.4) is 0 Å². The van der Waals surface area contributed by atoms with Crippen molar-refractivity contribution in [1.82, 2.24) is 10.2 Å². The molecule has 1 aromatic carbocycles. The second-order valence-electron chi connectivity index (χ2n) is 4.06. The lowest BCUT2D eigenvalue weighted by molar-refractivity contribution is -0.137. The maximum atomic E-state index is 12.4. The second-order valence-corrected chi connectivity index (χ2v) is 5.68. The molecule has 3 N–H and O–H groups in total. The van der Waals surface area contributed by atoms with Crippen LogP contribution >= 0.6 is 0 Å². The molecule has 0 amide bonds. The molecule has 1 aromatic heterocycles. The van der Waals surface area contributed by atoms with Crippen molar-refractivity contribution in [2.45, 2.75) is 17.8 Å². The zero-order valence-corrected chi connectivity index (χ0v) is 11.2. The molecule has 2 aromatic rings. The molecular weight excluding hydrogens is 311 g/mol. The summed E-state index contributed by atoms with van der Waals surface area (Å²) in [4.78, 5) is 0. The minimum Gasteiger partial charge on any atom is -0.392 e. The van der Waals surface area contributed by atoms with Gasteiger partial charge in [0.15, 0.2) is 5.03 Å². The maximum absolute atomic E-state index is 12.4. The number of H-pyrrole nitrogens is 1. The van der Waals surface area contributed by atoms with Gasteiger partial charge in [-0.15, -0.1) is 0 Å². The van der Waals surface area contributed by atoms with Crippen LogP contribution in [0.25, 0.3) is 0 Å². The van der Waals surface area contributed by atoms with Crippen LogP contribution in [0.2, 0.25) is 0 Å². The molecule has 0 radical (unpaired) electrons. The molecule has 21 heavy (non-hydrogen) atoms. The van der Waals surface area contributed by atoms with Crippen molar-refractivity contribution in [3.63, 3.8) is 0 Å². The highest BCUT2D eigenvalue weighted by molar-refractivity contribution is 7.92. The summed E-state index contributed by atoms with van der Waals surface area (Å²) in [6.07, 6.45) is -3.36. The first-order valence-electron chi connectivity index (χ1n) is 5.57. The van der Waals surface area contributed by atoms with Crippen LogP contribution in [-0.2, 0) is 22.8 Å². The number of nitrogens with one attached hydrogen (secondary N) is 2. The van der Waals surface area contributed by atoms with Crippen LogP contribution < -0.4 is 4.72 Å². The van der Waals surface area contributed by atoms with E-state index in [2.05, 4.69) is 14.9 Å². The maximum Gasteiger partial charge on any atom is 0.416 e. The fraction of sp³-hybridized carbons (Fsp3) is 0.182. The van der Waals surface area contributed by atoms with Gasteiger partial charge in [0.2, 0.25) is 0 Å². The number of halogens is 3. The molecule has 114 valence electrons. The third-order valence-electron chi connectivity index (χ3n) is 2.58. The summed E-state index contributed by atoms with van der Waals surface area (Å²) in [5.41, 5.74) is -0.876. The summed E-state index contributed by atoms with van der Waals surface area (Å²) in [5.74, 6) is 0. The molecule has 0 aliphatic rings. The Hall–Kier alpha value is -2.07. The van der Waals surface area contributed by atoms with Gasteiger partial charge < -0.3 is 5.11 Å². The van der Waals surface area contributed by atoms with Crippen molar-refractivity contribution in [1.29, 1.82) is 0 Å². The first kappa shape index (κ1) is 15.3. The molecule has 0 aliphatic heterocycles. The molecule has 0 saturated heterocycles. The minimum atomic E-state index is -4.50. The van der Waals surface area contributed by atoms with Crippen LogP contribution in [0, 0.1) is 0 Å². The van der Waals surface area contributed by atoms with Gasteiger partial charge in [0.1, 0.15) is 0 Å². The highest BCUT2D eigenvalue weighted by Crippen LogP contribution is 2.30. The van der Waals surface area contributed by atoms with Crippen molar-refractivity contribution < 1.29 is 26.7 Å². The largest absolute Gasteiger partial charge is 0.416 e. The molecule has 0 spiro atoms. The number of aliphatic hydroxyl groups excluding tert-OH is 1. The van der Waals surface area contributed by atoms with E-state index in [0.29, 0.717) is 0 Å². The number of aromatic amines is 1. The summed E-state index contributed by atoms with van der Waals surface area (Å²) < 4.78 is 63.3. The van der Waals surface area contributed by atoms with Crippen LogP contribution in [0.5, 0.6) is 0 Å². The number of rotatable bonds is 4. The van der Waals surface area contributed by atoms with Crippen LogP contribution in [-0.4, -0.2) is 23.7 Å². The van der Waals surface area contributed by atoms with Gasteiger partial charge in [0.25, 0.3) is 10.0 Å². The third kappa shape index (κ3) is 3.34. The Labute approximate surface area is 117 Å². The second kappa shape index (κ2) is 5.37. The van der Waals surface area contributed by atoms with E-state index in [1.807, 2.05) is 0 Å². The Balaban J connectivity index is 2.25. The van der Waals surface area contributed by atoms with Crippen LogP contribution in [0.15, 0.2) is 35.5 Å². The predicted molar refractivity (Wildman–Crippen MR) is 66.8 cm³/mol. The van der Waals surface area contributed by atoms with E-state index in [9.17, 15) is 21.6 Å². The lowest BCUT2D eigenvalue weighted by Crippen LogP contribution is -2.15. The smallest absolute Gasteiger partial charge is 0.392 e. The topological polar surface area (TPSA) is 95.1 Å². The Morgan fingerprint density at radius 3 is 2.38 bits per heavy atom. The molecular formula is C11H10F3N3O3S.